The van der Waals surface area contributed by atoms with Crippen LogP contribution in [0.25, 0.3) is 11.0 Å². The van der Waals surface area contributed by atoms with Gasteiger partial charge in [0.2, 0.25) is 5.10 Å². The van der Waals surface area contributed by atoms with Crippen LogP contribution in [0.3, 0.4) is 0 Å². The zero-order valence-electron chi connectivity index (χ0n) is 12.9. The molecule has 0 atom stereocenters. The maximum absolute atomic E-state index is 12.6. The number of nitrogens with one attached hydrogen (secondary N) is 1. The number of nitrogens with zero attached hydrogens (tertiary/aromatic N) is 3. The minimum Gasteiger partial charge on any atom is -0.739 e. The molecule has 4 saturated carbocycles. The Morgan fingerprint density at radius 3 is 2.17 bits per heavy atom. The summed E-state index contributed by atoms with van der Waals surface area (Å²) in [5.41, 5.74) is 0.668. The standard InChI is InChI=1S/C17H20N4O2/c22-20-14-3-1-2-4-15(14)21(23)19-17(20)18-16-12-6-10-5-11(8-12)9-13(16)7-10/h1-4,10-13,16H,5-9H2,(H,18,19). The van der Waals surface area contributed by atoms with Gasteiger partial charge in [-0.25, -0.2) is 4.73 Å². The van der Waals surface area contributed by atoms with Gasteiger partial charge >= 0.3 is 5.95 Å². The minimum absolute atomic E-state index is 0.149. The highest BCUT2D eigenvalue weighted by Gasteiger charge is 2.50. The molecule has 120 valence electrons. The van der Waals surface area contributed by atoms with Gasteiger partial charge < -0.3 is 10.4 Å². The van der Waals surface area contributed by atoms with Crippen molar-refractivity contribution in [1.82, 2.24) is 5.10 Å². The maximum Gasteiger partial charge on any atom is 0.461 e. The van der Waals surface area contributed by atoms with Crippen molar-refractivity contribution >= 4 is 17.0 Å². The predicted molar refractivity (Wildman–Crippen MR) is 84.1 cm³/mol. The Balaban J connectivity index is 1.51. The minimum atomic E-state index is 0.149. The molecular formula is C17H20N4O2. The Morgan fingerprint density at radius 2 is 1.52 bits per heavy atom. The summed E-state index contributed by atoms with van der Waals surface area (Å²) in [5.74, 6) is 3.16. The maximum atomic E-state index is 12.6. The Bertz CT molecular complexity index is 751. The molecule has 6 rings (SSSR count). The second kappa shape index (κ2) is 4.69. The van der Waals surface area contributed by atoms with E-state index in [1.807, 2.05) is 0 Å². The Kier molecular flexibility index (Phi) is 2.72. The van der Waals surface area contributed by atoms with Gasteiger partial charge in [0.05, 0.1) is 6.04 Å². The van der Waals surface area contributed by atoms with Gasteiger partial charge in [0.1, 0.15) is 0 Å². The summed E-state index contributed by atoms with van der Waals surface area (Å²) in [5, 5.41) is 32.0. The molecule has 1 aromatic carbocycles. The van der Waals surface area contributed by atoms with Crippen molar-refractivity contribution in [2.45, 2.75) is 38.1 Å². The van der Waals surface area contributed by atoms with E-state index >= 15 is 0 Å². The molecule has 0 aliphatic heterocycles. The van der Waals surface area contributed by atoms with Crippen LogP contribution in [-0.4, -0.2) is 11.1 Å². The van der Waals surface area contributed by atoms with Gasteiger partial charge in [-0.3, -0.25) is 5.32 Å². The number of para-hydroxylation sites is 2. The number of aromatic nitrogens is 3. The quantitative estimate of drug-likeness (QED) is 0.677. The van der Waals surface area contributed by atoms with Gasteiger partial charge in [-0.1, -0.05) is 12.1 Å². The molecule has 23 heavy (non-hydrogen) atoms. The molecule has 1 heterocycles. The van der Waals surface area contributed by atoms with Gasteiger partial charge in [0.15, 0.2) is 5.52 Å². The highest BCUT2D eigenvalue weighted by molar-refractivity contribution is 5.67. The SMILES string of the molecule is [O-][n+]1nc(NC2C3CC4CC(C3)CC2C4)[n+]([O-])c2ccccc21. The first-order chi connectivity index (χ1) is 11.2. The molecule has 1 N–H and O–H groups in total. The lowest BCUT2D eigenvalue weighted by Crippen LogP contribution is -2.54. The van der Waals surface area contributed by atoms with Crippen LogP contribution in [-0.2, 0) is 0 Å². The molecule has 0 spiro atoms. The lowest BCUT2D eigenvalue weighted by Gasteiger charge is -2.53. The highest BCUT2D eigenvalue weighted by Crippen LogP contribution is 2.54. The molecule has 2 aromatic rings. The topological polar surface area (TPSA) is 78.8 Å². The summed E-state index contributed by atoms with van der Waals surface area (Å²) in [6, 6.07) is 7.08. The van der Waals surface area contributed by atoms with E-state index in [1.165, 1.54) is 32.1 Å². The molecule has 6 nitrogen and oxygen atoms in total. The highest BCUT2D eigenvalue weighted by atomic mass is 16.5. The van der Waals surface area contributed by atoms with E-state index in [-0.39, 0.29) is 12.0 Å². The second-order valence-corrected chi connectivity index (χ2v) is 7.58. The summed E-state index contributed by atoms with van der Waals surface area (Å²) in [6.45, 7) is 0. The number of hydrogen-bond donors (Lipinski definition) is 1. The van der Waals surface area contributed by atoms with Crippen LogP contribution in [0, 0.1) is 34.1 Å². The first kappa shape index (κ1) is 13.3. The van der Waals surface area contributed by atoms with E-state index in [1.54, 1.807) is 24.3 Å². The monoisotopic (exact) mass is 312 g/mol. The summed E-state index contributed by atoms with van der Waals surface area (Å²) >= 11 is 0. The molecule has 4 aliphatic rings. The number of anilines is 1. The average Bonchev–Trinajstić information content (AvgIpc) is 2.55. The summed E-state index contributed by atoms with van der Waals surface area (Å²) in [4.78, 5) is 0.558. The van der Waals surface area contributed by atoms with Crippen molar-refractivity contribution in [3.05, 3.63) is 34.7 Å². The smallest absolute Gasteiger partial charge is 0.461 e. The fourth-order valence-electron chi connectivity index (χ4n) is 5.49. The third-order valence-electron chi connectivity index (χ3n) is 6.21. The van der Waals surface area contributed by atoms with Crippen LogP contribution in [0.4, 0.5) is 5.95 Å². The molecule has 4 fully saturated rings. The molecule has 0 saturated heterocycles. The summed E-state index contributed by atoms with van der Waals surface area (Å²) in [6.07, 6.45) is 6.43. The van der Waals surface area contributed by atoms with E-state index < -0.39 is 0 Å². The van der Waals surface area contributed by atoms with Crippen LogP contribution in [0.5, 0.6) is 0 Å². The van der Waals surface area contributed by atoms with Gasteiger partial charge in [-0.2, -0.15) is 0 Å². The van der Waals surface area contributed by atoms with Gasteiger partial charge in [0.25, 0.3) is 5.52 Å². The third-order valence-corrected chi connectivity index (χ3v) is 6.21. The number of benzene rings is 1. The Hall–Kier alpha value is -2.11. The van der Waals surface area contributed by atoms with Crippen LogP contribution in [0.1, 0.15) is 32.1 Å². The van der Waals surface area contributed by atoms with Crippen molar-refractivity contribution in [3.63, 3.8) is 0 Å². The number of fused-ring (bicyclic) bond motifs is 1. The average molecular weight is 312 g/mol. The largest absolute Gasteiger partial charge is 0.739 e. The Labute approximate surface area is 134 Å². The van der Waals surface area contributed by atoms with E-state index in [2.05, 4.69) is 10.4 Å². The molecular weight excluding hydrogens is 292 g/mol. The van der Waals surface area contributed by atoms with Crippen molar-refractivity contribution in [2.24, 2.45) is 23.7 Å². The second-order valence-electron chi connectivity index (χ2n) is 7.58. The molecule has 0 amide bonds. The first-order valence-corrected chi connectivity index (χ1v) is 8.57. The number of hydrogen-bond acceptors (Lipinski definition) is 4. The van der Waals surface area contributed by atoms with E-state index in [9.17, 15) is 10.4 Å². The third kappa shape index (κ3) is 1.97. The molecule has 6 heteroatoms. The van der Waals surface area contributed by atoms with Crippen molar-refractivity contribution in [1.29, 1.82) is 0 Å². The fourth-order valence-corrected chi connectivity index (χ4v) is 5.49. The zero-order chi connectivity index (χ0) is 15.6. The van der Waals surface area contributed by atoms with Crippen LogP contribution >= 0.6 is 0 Å². The Morgan fingerprint density at radius 1 is 0.913 bits per heavy atom. The van der Waals surface area contributed by atoms with Crippen molar-refractivity contribution < 1.29 is 9.58 Å². The zero-order valence-corrected chi connectivity index (χ0v) is 12.9. The van der Waals surface area contributed by atoms with Crippen molar-refractivity contribution in [2.75, 3.05) is 5.32 Å². The lowest BCUT2D eigenvalue weighted by molar-refractivity contribution is -0.672. The summed E-state index contributed by atoms with van der Waals surface area (Å²) in [7, 11) is 0. The van der Waals surface area contributed by atoms with Crippen molar-refractivity contribution in [3.8, 4) is 0 Å². The van der Waals surface area contributed by atoms with Crippen LogP contribution < -0.4 is 14.9 Å². The van der Waals surface area contributed by atoms with Gasteiger partial charge in [0, 0.05) is 10.9 Å². The normalized spacial score (nSPS) is 34.9. The fraction of sp³-hybridized carbons (Fsp3) is 0.588. The molecule has 4 bridgehead atoms. The molecule has 0 unspecified atom stereocenters. The molecule has 1 aromatic heterocycles. The van der Waals surface area contributed by atoms with E-state index in [0.717, 1.165) is 16.6 Å². The van der Waals surface area contributed by atoms with Gasteiger partial charge in [-0.15, -0.1) is 0 Å². The van der Waals surface area contributed by atoms with Crippen LogP contribution in [0.2, 0.25) is 0 Å². The van der Waals surface area contributed by atoms with E-state index in [4.69, 9.17) is 0 Å². The first-order valence-electron chi connectivity index (χ1n) is 8.57. The predicted octanol–water partition coefficient (Wildman–Crippen LogP) is 1.74. The molecule has 0 radical (unpaired) electrons. The van der Waals surface area contributed by atoms with Gasteiger partial charge in [-0.05, 0) is 61.8 Å². The van der Waals surface area contributed by atoms with E-state index in [0.29, 0.717) is 27.7 Å². The number of rotatable bonds is 2. The lowest BCUT2D eigenvalue weighted by atomic mass is 9.54. The molecule has 4 aliphatic carbocycles. The van der Waals surface area contributed by atoms with Crippen LogP contribution in [0.15, 0.2) is 24.3 Å². The summed E-state index contributed by atoms with van der Waals surface area (Å²) < 4.78 is 0.773.